The molecule has 0 saturated carbocycles. The summed E-state index contributed by atoms with van der Waals surface area (Å²) in [5.41, 5.74) is 1.82. The van der Waals surface area contributed by atoms with Gasteiger partial charge < -0.3 is 9.42 Å². The number of rotatable bonds is 3. The van der Waals surface area contributed by atoms with E-state index in [1.165, 1.54) is 0 Å². The number of hydrogen-bond donors (Lipinski definition) is 0. The molecule has 5 heteroatoms. The molecular formula is C16H17ClN2O2. The van der Waals surface area contributed by atoms with E-state index in [-0.39, 0.29) is 11.9 Å². The molecule has 1 amide bonds. The Hall–Kier alpha value is -1.81. The second-order valence-electron chi connectivity index (χ2n) is 5.42. The molecule has 1 saturated heterocycles. The van der Waals surface area contributed by atoms with Gasteiger partial charge in [-0.2, -0.15) is 0 Å². The fraction of sp³-hybridized carbons (Fsp3) is 0.375. The Balaban J connectivity index is 1.72. The molecule has 1 fully saturated rings. The molecule has 0 N–H and O–H groups in total. The number of hydrogen-bond acceptors (Lipinski definition) is 3. The van der Waals surface area contributed by atoms with E-state index < -0.39 is 0 Å². The molecule has 0 bridgehead atoms. The lowest BCUT2D eigenvalue weighted by Crippen LogP contribution is -2.31. The van der Waals surface area contributed by atoms with Crippen molar-refractivity contribution in [2.45, 2.75) is 32.2 Å². The van der Waals surface area contributed by atoms with E-state index >= 15 is 0 Å². The number of aromatic nitrogens is 1. The average molecular weight is 305 g/mol. The van der Waals surface area contributed by atoms with Crippen LogP contribution in [0.5, 0.6) is 0 Å². The summed E-state index contributed by atoms with van der Waals surface area (Å²) in [7, 11) is 0. The minimum Gasteiger partial charge on any atom is -0.359 e. The van der Waals surface area contributed by atoms with Gasteiger partial charge >= 0.3 is 0 Å². The first-order valence-electron chi connectivity index (χ1n) is 7.10. The van der Waals surface area contributed by atoms with E-state index in [9.17, 15) is 4.79 Å². The first-order chi connectivity index (χ1) is 10.1. The number of aryl methyl sites for hydroxylation is 1. The van der Waals surface area contributed by atoms with E-state index in [0.29, 0.717) is 11.4 Å². The maximum Gasteiger partial charge on any atom is 0.227 e. The van der Waals surface area contributed by atoms with Gasteiger partial charge in [-0.05, 0) is 37.5 Å². The van der Waals surface area contributed by atoms with E-state index in [1.807, 2.05) is 42.2 Å². The second-order valence-corrected chi connectivity index (χ2v) is 5.86. The van der Waals surface area contributed by atoms with Crippen LogP contribution in [-0.2, 0) is 11.2 Å². The summed E-state index contributed by atoms with van der Waals surface area (Å²) in [6.07, 6.45) is 2.32. The summed E-state index contributed by atoms with van der Waals surface area (Å²) >= 11 is 5.87. The Morgan fingerprint density at radius 3 is 2.86 bits per heavy atom. The number of benzene rings is 1. The monoisotopic (exact) mass is 304 g/mol. The summed E-state index contributed by atoms with van der Waals surface area (Å²) in [5.74, 6) is 0.906. The highest BCUT2D eigenvalue weighted by molar-refractivity contribution is 6.30. The maximum absolute atomic E-state index is 12.5. The Morgan fingerprint density at radius 1 is 1.43 bits per heavy atom. The van der Waals surface area contributed by atoms with Gasteiger partial charge in [0, 0.05) is 17.6 Å². The lowest BCUT2D eigenvalue weighted by molar-refractivity contribution is -0.131. The summed E-state index contributed by atoms with van der Waals surface area (Å²) in [6, 6.07) is 9.34. The number of likely N-dealkylation sites (tertiary alicyclic amines) is 1. The molecular weight excluding hydrogens is 288 g/mol. The maximum atomic E-state index is 12.5. The molecule has 2 heterocycles. The van der Waals surface area contributed by atoms with Crippen LogP contribution in [0.1, 0.15) is 35.9 Å². The first-order valence-corrected chi connectivity index (χ1v) is 7.48. The molecule has 21 heavy (non-hydrogen) atoms. The van der Waals surface area contributed by atoms with E-state index in [2.05, 4.69) is 5.16 Å². The summed E-state index contributed by atoms with van der Waals surface area (Å²) < 4.78 is 5.33. The van der Waals surface area contributed by atoms with Crippen molar-refractivity contribution in [1.29, 1.82) is 0 Å². The van der Waals surface area contributed by atoms with Gasteiger partial charge in [0.2, 0.25) is 5.91 Å². The highest BCUT2D eigenvalue weighted by Crippen LogP contribution is 2.32. The van der Waals surface area contributed by atoms with Gasteiger partial charge in [-0.25, -0.2) is 0 Å². The highest BCUT2D eigenvalue weighted by atomic mass is 35.5. The lowest BCUT2D eigenvalue weighted by Gasteiger charge is -2.22. The minimum absolute atomic E-state index is 0.0194. The van der Waals surface area contributed by atoms with Gasteiger partial charge in [-0.15, -0.1) is 0 Å². The van der Waals surface area contributed by atoms with Crippen LogP contribution < -0.4 is 0 Å². The van der Waals surface area contributed by atoms with Gasteiger partial charge in [0.25, 0.3) is 0 Å². The molecule has 1 aliphatic rings. The quantitative estimate of drug-likeness (QED) is 0.871. The molecule has 110 valence electrons. The van der Waals surface area contributed by atoms with Crippen LogP contribution in [0.2, 0.25) is 5.02 Å². The van der Waals surface area contributed by atoms with Gasteiger partial charge in [-0.3, -0.25) is 4.79 Å². The molecule has 0 radical (unpaired) electrons. The van der Waals surface area contributed by atoms with Crippen LogP contribution >= 0.6 is 11.6 Å². The lowest BCUT2D eigenvalue weighted by atomic mass is 10.1. The zero-order valence-corrected chi connectivity index (χ0v) is 12.6. The fourth-order valence-corrected chi connectivity index (χ4v) is 2.91. The topological polar surface area (TPSA) is 46.3 Å². The smallest absolute Gasteiger partial charge is 0.227 e. The summed E-state index contributed by atoms with van der Waals surface area (Å²) in [6.45, 7) is 2.67. The summed E-state index contributed by atoms with van der Waals surface area (Å²) in [5, 5.41) is 4.60. The van der Waals surface area contributed by atoms with E-state index in [4.69, 9.17) is 16.1 Å². The number of halogens is 1. The molecule has 0 unspecified atom stereocenters. The van der Waals surface area contributed by atoms with Crippen molar-refractivity contribution >= 4 is 17.5 Å². The van der Waals surface area contributed by atoms with Crippen molar-refractivity contribution in [3.8, 4) is 0 Å². The van der Waals surface area contributed by atoms with Gasteiger partial charge in [0.15, 0.2) is 5.76 Å². The zero-order chi connectivity index (χ0) is 14.8. The molecule has 1 aliphatic heterocycles. The third-order valence-corrected chi connectivity index (χ3v) is 4.07. The molecule has 1 atom stereocenters. The molecule has 3 rings (SSSR count). The van der Waals surface area contributed by atoms with Crippen molar-refractivity contribution in [2.75, 3.05) is 6.54 Å². The fourth-order valence-electron chi connectivity index (χ4n) is 2.78. The molecule has 1 aromatic heterocycles. The van der Waals surface area contributed by atoms with E-state index in [0.717, 1.165) is 36.4 Å². The third-order valence-electron chi connectivity index (χ3n) is 3.82. The van der Waals surface area contributed by atoms with Crippen LogP contribution in [-0.4, -0.2) is 22.5 Å². The van der Waals surface area contributed by atoms with Crippen molar-refractivity contribution in [3.05, 3.63) is 52.4 Å². The number of nitrogens with zero attached hydrogens (tertiary/aromatic N) is 2. The number of carbonyl (C=O) groups excluding carboxylic acids is 1. The molecule has 2 aromatic rings. The minimum atomic E-state index is 0.0194. The molecule has 0 aliphatic carbocycles. The zero-order valence-electron chi connectivity index (χ0n) is 11.9. The van der Waals surface area contributed by atoms with Crippen LogP contribution in [0.3, 0.4) is 0 Å². The second kappa shape index (κ2) is 5.90. The Bertz CT molecular complexity index is 636. The highest BCUT2D eigenvalue weighted by Gasteiger charge is 2.32. The SMILES string of the molecule is Cc1cc([C@H]2CCCN2C(=O)Cc2ccc(Cl)cc2)on1. The standard InChI is InChI=1S/C16H17ClN2O2/c1-11-9-15(21-18-11)14-3-2-8-19(14)16(20)10-12-4-6-13(17)7-5-12/h4-7,9,14H,2-3,8,10H2,1H3/t14-/m1/s1. The summed E-state index contributed by atoms with van der Waals surface area (Å²) in [4.78, 5) is 14.4. The molecule has 1 aromatic carbocycles. The van der Waals surface area contributed by atoms with Gasteiger partial charge in [0.05, 0.1) is 18.2 Å². The van der Waals surface area contributed by atoms with Crippen molar-refractivity contribution in [3.63, 3.8) is 0 Å². The van der Waals surface area contributed by atoms with Crippen LogP contribution in [0.15, 0.2) is 34.9 Å². The van der Waals surface area contributed by atoms with Crippen molar-refractivity contribution in [1.82, 2.24) is 10.1 Å². The predicted octanol–water partition coefficient (Wildman–Crippen LogP) is 3.54. The first kappa shape index (κ1) is 14.1. The Kier molecular flexibility index (Phi) is 3.97. The van der Waals surface area contributed by atoms with Gasteiger partial charge in [-0.1, -0.05) is 28.9 Å². The predicted molar refractivity (Wildman–Crippen MR) is 80.1 cm³/mol. The average Bonchev–Trinajstić information content (AvgIpc) is 3.09. The third kappa shape index (κ3) is 3.10. The van der Waals surface area contributed by atoms with E-state index in [1.54, 1.807) is 0 Å². The van der Waals surface area contributed by atoms with Crippen LogP contribution in [0, 0.1) is 6.92 Å². The Labute approximate surface area is 128 Å². The number of carbonyl (C=O) groups is 1. The van der Waals surface area contributed by atoms with Crippen LogP contribution in [0.4, 0.5) is 0 Å². The Morgan fingerprint density at radius 2 is 2.19 bits per heavy atom. The molecule has 0 spiro atoms. The number of amides is 1. The normalized spacial score (nSPS) is 18.2. The van der Waals surface area contributed by atoms with Gasteiger partial charge in [0.1, 0.15) is 0 Å². The molecule has 4 nitrogen and oxygen atoms in total. The van der Waals surface area contributed by atoms with Crippen molar-refractivity contribution in [2.24, 2.45) is 0 Å². The largest absolute Gasteiger partial charge is 0.359 e. The van der Waals surface area contributed by atoms with Crippen molar-refractivity contribution < 1.29 is 9.32 Å². The van der Waals surface area contributed by atoms with Crippen LogP contribution in [0.25, 0.3) is 0 Å².